The number of hydrogen-bond acceptors (Lipinski definition) is 4. The largest absolute Gasteiger partial charge is 0.488 e. The predicted molar refractivity (Wildman–Crippen MR) is 162 cm³/mol. The lowest BCUT2D eigenvalue weighted by molar-refractivity contribution is -0.127. The molecule has 9 heteroatoms. The van der Waals surface area contributed by atoms with Gasteiger partial charge in [0.1, 0.15) is 12.4 Å². The molecule has 1 fully saturated rings. The van der Waals surface area contributed by atoms with E-state index in [1.807, 2.05) is 46.8 Å². The quantitative estimate of drug-likeness (QED) is 0.284. The Morgan fingerprint density at radius 2 is 1.38 bits per heavy atom. The number of carbonyl (C=O) groups excluding carboxylic acids is 1. The Morgan fingerprint density at radius 3 is 1.98 bits per heavy atom. The van der Waals surface area contributed by atoms with Gasteiger partial charge in [0, 0.05) is 47.9 Å². The summed E-state index contributed by atoms with van der Waals surface area (Å²) in [7, 11) is -3.69. The highest BCUT2D eigenvalue weighted by molar-refractivity contribution is 7.89. The minimum atomic E-state index is -3.69. The van der Waals surface area contributed by atoms with Crippen molar-refractivity contribution < 1.29 is 17.9 Å². The van der Waals surface area contributed by atoms with Gasteiger partial charge in [-0.25, -0.2) is 8.42 Å². The van der Waals surface area contributed by atoms with Crippen molar-refractivity contribution in [1.29, 1.82) is 0 Å². The molecule has 0 saturated carbocycles. The van der Waals surface area contributed by atoms with Crippen LogP contribution in [0.25, 0.3) is 6.08 Å². The molecule has 0 atom stereocenters. The molecule has 40 heavy (non-hydrogen) atoms. The van der Waals surface area contributed by atoms with Crippen LogP contribution in [-0.2, 0) is 21.4 Å². The minimum absolute atomic E-state index is 0.199. The van der Waals surface area contributed by atoms with E-state index in [-0.39, 0.29) is 19.0 Å². The number of rotatable bonds is 7. The summed E-state index contributed by atoms with van der Waals surface area (Å²) >= 11 is 12.2. The van der Waals surface area contributed by atoms with E-state index in [9.17, 15) is 13.2 Å². The molecule has 0 bridgehead atoms. The molecule has 0 spiro atoms. The Labute approximate surface area is 247 Å². The molecule has 0 aromatic heterocycles. The molecule has 1 aliphatic rings. The molecule has 0 aliphatic carbocycles. The van der Waals surface area contributed by atoms with Crippen LogP contribution in [0, 0.1) is 34.6 Å². The van der Waals surface area contributed by atoms with E-state index in [2.05, 4.69) is 0 Å². The highest BCUT2D eigenvalue weighted by atomic mass is 35.5. The lowest BCUT2D eigenvalue weighted by Gasteiger charge is -2.34. The lowest BCUT2D eigenvalue weighted by Crippen LogP contribution is -2.50. The molecule has 6 nitrogen and oxygen atoms in total. The molecule has 4 rings (SSSR count). The summed E-state index contributed by atoms with van der Waals surface area (Å²) in [6.07, 6.45) is 3.16. The zero-order valence-electron chi connectivity index (χ0n) is 23.4. The Balaban J connectivity index is 1.43. The van der Waals surface area contributed by atoms with Gasteiger partial charge in [0.2, 0.25) is 15.9 Å². The van der Waals surface area contributed by atoms with Crippen molar-refractivity contribution in [3.8, 4) is 5.75 Å². The van der Waals surface area contributed by atoms with Crippen molar-refractivity contribution >= 4 is 45.2 Å². The highest BCUT2D eigenvalue weighted by Crippen LogP contribution is 2.32. The van der Waals surface area contributed by atoms with Crippen LogP contribution in [-0.4, -0.2) is 49.7 Å². The van der Waals surface area contributed by atoms with Crippen LogP contribution in [0.5, 0.6) is 5.75 Å². The van der Waals surface area contributed by atoms with Gasteiger partial charge in [-0.15, -0.1) is 0 Å². The standard InChI is InChI=1S/C31H34Cl2N2O4S/c1-20-21(2)23(4)31(24(5)22(20)3)40(37,38)35-16-14-34(15-17-35)30(36)13-8-26-18-28(33)11-12-29(26)39-19-25-6-9-27(32)10-7-25/h6-13,18H,14-17,19H2,1-5H3/b13-8+. The number of carbonyl (C=O) groups is 1. The predicted octanol–water partition coefficient (Wildman–Crippen LogP) is 6.66. The van der Waals surface area contributed by atoms with Crippen LogP contribution in [0.3, 0.4) is 0 Å². The van der Waals surface area contributed by atoms with E-state index in [1.165, 1.54) is 10.4 Å². The third-order valence-electron chi connectivity index (χ3n) is 7.76. The monoisotopic (exact) mass is 600 g/mol. The van der Waals surface area contributed by atoms with Crippen LogP contribution in [0.1, 0.15) is 38.9 Å². The van der Waals surface area contributed by atoms with E-state index in [0.717, 1.165) is 33.4 Å². The van der Waals surface area contributed by atoms with Gasteiger partial charge in [0.25, 0.3) is 0 Å². The molecule has 0 N–H and O–H groups in total. The van der Waals surface area contributed by atoms with Crippen LogP contribution in [0.4, 0.5) is 0 Å². The lowest BCUT2D eigenvalue weighted by atomic mass is 9.95. The van der Waals surface area contributed by atoms with Crippen molar-refractivity contribution in [3.63, 3.8) is 0 Å². The van der Waals surface area contributed by atoms with E-state index in [4.69, 9.17) is 27.9 Å². The Bertz CT molecular complexity index is 1530. The van der Waals surface area contributed by atoms with Gasteiger partial charge in [-0.1, -0.05) is 35.3 Å². The van der Waals surface area contributed by atoms with Crippen molar-refractivity contribution in [2.24, 2.45) is 0 Å². The minimum Gasteiger partial charge on any atom is -0.488 e. The molecule has 3 aromatic carbocycles. The number of nitrogens with zero attached hydrogens (tertiary/aromatic N) is 2. The summed E-state index contributed by atoms with van der Waals surface area (Å²) in [5.41, 5.74) is 6.33. The third-order valence-corrected chi connectivity index (χ3v) is 10.4. The summed E-state index contributed by atoms with van der Waals surface area (Å²) in [5.74, 6) is 0.392. The molecular weight excluding hydrogens is 567 g/mol. The fourth-order valence-electron chi connectivity index (χ4n) is 4.92. The molecule has 0 radical (unpaired) electrons. The number of halogens is 2. The number of amides is 1. The smallest absolute Gasteiger partial charge is 0.246 e. The fourth-order valence-corrected chi connectivity index (χ4v) is 7.21. The van der Waals surface area contributed by atoms with Gasteiger partial charge in [-0.05, 0) is 104 Å². The van der Waals surface area contributed by atoms with Crippen molar-refractivity contribution in [3.05, 3.63) is 97.5 Å². The van der Waals surface area contributed by atoms with Crippen LogP contribution < -0.4 is 4.74 Å². The first-order chi connectivity index (χ1) is 18.9. The topological polar surface area (TPSA) is 66.9 Å². The first-order valence-electron chi connectivity index (χ1n) is 13.1. The second-order valence-electron chi connectivity index (χ2n) is 10.1. The molecule has 3 aromatic rings. The summed E-state index contributed by atoms with van der Waals surface area (Å²) in [6.45, 7) is 11.1. The number of hydrogen-bond donors (Lipinski definition) is 0. The number of sulfonamides is 1. The van der Waals surface area contributed by atoms with Gasteiger partial charge in [-0.2, -0.15) is 4.31 Å². The maximum absolute atomic E-state index is 13.7. The molecule has 1 saturated heterocycles. The van der Waals surface area contributed by atoms with Crippen LogP contribution in [0.2, 0.25) is 10.0 Å². The van der Waals surface area contributed by atoms with Crippen LogP contribution >= 0.6 is 23.2 Å². The number of piperazine rings is 1. The average Bonchev–Trinajstić information content (AvgIpc) is 2.94. The molecule has 1 heterocycles. The van der Waals surface area contributed by atoms with Crippen molar-refractivity contribution in [2.45, 2.75) is 46.1 Å². The van der Waals surface area contributed by atoms with Gasteiger partial charge in [0.05, 0.1) is 4.90 Å². The van der Waals surface area contributed by atoms with E-state index in [1.54, 1.807) is 41.3 Å². The Morgan fingerprint density at radius 1 is 0.825 bits per heavy atom. The summed E-state index contributed by atoms with van der Waals surface area (Å²) in [4.78, 5) is 15.1. The summed E-state index contributed by atoms with van der Waals surface area (Å²) in [5, 5.41) is 1.18. The maximum atomic E-state index is 13.7. The highest BCUT2D eigenvalue weighted by Gasteiger charge is 2.33. The van der Waals surface area contributed by atoms with E-state index in [0.29, 0.717) is 46.0 Å². The SMILES string of the molecule is Cc1c(C)c(C)c(S(=O)(=O)N2CCN(C(=O)/C=C/c3cc(Cl)ccc3OCc3ccc(Cl)cc3)CC2)c(C)c1C. The zero-order valence-corrected chi connectivity index (χ0v) is 25.8. The average molecular weight is 602 g/mol. The van der Waals surface area contributed by atoms with Crippen molar-refractivity contribution in [1.82, 2.24) is 9.21 Å². The molecular formula is C31H34Cl2N2O4S. The van der Waals surface area contributed by atoms with Gasteiger partial charge >= 0.3 is 0 Å². The first-order valence-corrected chi connectivity index (χ1v) is 15.3. The molecule has 1 amide bonds. The van der Waals surface area contributed by atoms with Crippen LogP contribution in [0.15, 0.2) is 53.4 Å². The first kappa shape index (κ1) is 30.1. The summed E-state index contributed by atoms with van der Waals surface area (Å²) < 4.78 is 34.8. The number of benzene rings is 3. The molecule has 212 valence electrons. The zero-order chi connectivity index (χ0) is 29.2. The van der Waals surface area contributed by atoms with Gasteiger partial charge in [0.15, 0.2) is 0 Å². The van der Waals surface area contributed by atoms with Crippen molar-refractivity contribution in [2.75, 3.05) is 26.2 Å². The third kappa shape index (κ3) is 6.39. The normalized spacial score (nSPS) is 14.6. The van der Waals surface area contributed by atoms with Gasteiger partial charge < -0.3 is 9.64 Å². The summed E-state index contributed by atoms with van der Waals surface area (Å²) in [6, 6.07) is 12.6. The van der Waals surface area contributed by atoms with E-state index >= 15 is 0 Å². The van der Waals surface area contributed by atoms with Gasteiger partial charge in [-0.3, -0.25) is 4.79 Å². The molecule has 1 aliphatic heterocycles. The second-order valence-corrected chi connectivity index (χ2v) is 12.9. The molecule has 0 unspecified atom stereocenters. The second kappa shape index (κ2) is 12.4. The number of ether oxygens (including phenoxy) is 1. The Hall–Kier alpha value is -2.84. The van der Waals surface area contributed by atoms with E-state index < -0.39 is 10.0 Å². The Kier molecular flexibility index (Phi) is 9.30. The fraction of sp³-hybridized carbons (Fsp3) is 0.323. The maximum Gasteiger partial charge on any atom is 0.246 e.